The van der Waals surface area contributed by atoms with E-state index in [-0.39, 0.29) is 0 Å². The van der Waals surface area contributed by atoms with Crippen molar-refractivity contribution in [3.63, 3.8) is 0 Å². The van der Waals surface area contributed by atoms with Crippen LogP contribution in [0.25, 0.3) is 22.3 Å². The Balaban J connectivity index is 1.67. The van der Waals surface area contributed by atoms with Crippen LogP contribution < -0.4 is 0 Å². The van der Waals surface area contributed by atoms with E-state index in [0.717, 1.165) is 22.3 Å². The molecule has 0 saturated heterocycles. The van der Waals surface area contributed by atoms with Gasteiger partial charge in [0.1, 0.15) is 6.10 Å². The van der Waals surface area contributed by atoms with Crippen molar-refractivity contribution in [1.29, 1.82) is 0 Å². The third-order valence-electron chi connectivity index (χ3n) is 4.63. The molecule has 2 N–H and O–H groups in total. The SMILES string of the molecule is OC(c1ccc(Cl)cc1Cl)c1c[nH]cc1-c1ccc(-c2ccccc2)cc1. The minimum absolute atomic E-state index is 0.446. The van der Waals surface area contributed by atoms with Gasteiger partial charge < -0.3 is 10.1 Å². The highest BCUT2D eigenvalue weighted by molar-refractivity contribution is 6.35. The Labute approximate surface area is 168 Å². The first-order valence-corrected chi connectivity index (χ1v) is 9.34. The molecule has 0 radical (unpaired) electrons. The zero-order valence-electron chi connectivity index (χ0n) is 14.4. The topological polar surface area (TPSA) is 36.0 Å². The van der Waals surface area contributed by atoms with Crippen LogP contribution in [0.5, 0.6) is 0 Å². The van der Waals surface area contributed by atoms with E-state index >= 15 is 0 Å². The van der Waals surface area contributed by atoms with Gasteiger partial charge in [-0.3, -0.25) is 0 Å². The van der Waals surface area contributed by atoms with Crippen LogP contribution >= 0.6 is 23.2 Å². The van der Waals surface area contributed by atoms with Crippen molar-refractivity contribution < 1.29 is 5.11 Å². The lowest BCUT2D eigenvalue weighted by Crippen LogP contribution is -2.01. The molecule has 2 nitrogen and oxygen atoms in total. The molecule has 4 rings (SSSR count). The number of hydrogen-bond donors (Lipinski definition) is 2. The summed E-state index contributed by atoms with van der Waals surface area (Å²) in [5.74, 6) is 0. The summed E-state index contributed by atoms with van der Waals surface area (Å²) in [4.78, 5) is 3.10. The number of aromatic amines is 1. The number of aliphatic hydroxyl groups is 1. The highest BCUT2D eigenvalue weighted by atomic mass is 35.5. The van der Waals surface area contributed by atoms with E-state index in [1.807, 2.05) is 24.4 Å². The molecular formula is C23H17Cl2NO. The quantitative estimate of drug-likeness (QED) is 0.395. The normalized spacial score (nSPS) is 12.1. The summed E-state index contributed by atoms with van der Waals surface area (Å²) >= 11 is 12.2. The van der Waals surface area contributed by atoms with Crippen LogP contribution in [0.15, 0.2) is 85.2 Å². The van der Waals surface area contributed by atoms with Gasteiger partial charge in [-0.2, -0.15) is 0 Å². The minimum atomic E-state index is -0.843. The van der Waals surface area contributed by atoms with E-state index in [9.17, 15) is 5.11 Å². The Hall–Kier alpha value is -2.52. The Kier molecular flexibility index (Phi) is 5.04. The average Bonchev–Trinajstić information content (AvgIpc) is 3.18. The van der Waals surface area contributed by atoms with Crippen LogP contribution in [-0.4, -0.2) is 10.1 Å². The van der Waals surface area contributed by atoms with E-state index < -0.39 is 6.10 Å². The van der Waals surface area contributed by atoms with Gasteiger partial charge in [-0.05, 0) is 28.8 Å². The van der Waals surface area contributed by atoms with Gasteiger partial charge in [0, 0.05) is 39.1 Å². The summed E-state index contributed by atoms with van der Waals surface area (Å²) in [6.45, 7) is 0. The molecule has 0 fully saturated rings. The molecule has 3 aromatic carbocycles. The second-order valence-electron chi connectivity index (χ2n) is 6.34. The van der Waals surface area contributed by atoms with Crippen LogP contribution in [0.1, 0.15) is 17.2 Å². The van der Waals surface area contributed by atoms with Gasteiger partial charge in [-0.15, -0.1) is 0 Å². The highest BCUT2D eigenvalue weighted by Gasteiger charge is 2.19. The predicted molar refractivity (Wildman–Crippen MR) is 112 cm³/mol. The average molecular weight is 394 g/mol. The van der Waals surface area contributed by atoms with E-state index in [1.54, 1.807) is 24.4 Å². The van der Waals surface area contributed by atoms with Crippen LogP contribution in [0.3, 0.4) is 0 Å². The molecule has 27 heavy (non-hydrogen) atoms. The molecule has 0 aliphatic rings. The van der Waals surface area contributed by atoms with Gasteiger partial charge >= 0.3 is 0 Å². The minimum Gasteiger partial charge on any atom is -0.384 e. The first-order valence-electron chi connectivity index (χ1n) is 8.59. The lowest BCUT2D eigenvalue weighted by Gasteiger charge is -2.14. The lowest BCUT2D eigenvalue weighted by molar-refractivity contribution is 0.221. The first-order chi connectivity index (χ1) is 13.1. The first kappa shape index (κ1) is 17.9. The maximum atomic E-state index is 10.9. The zero-order chi connectivity index (χ0) is 18.8. The summed E-state index contributed by atoms with van der Waals surface area (Å²) in [6.07, 6.45) is 2.85. The van der Waals surface area contributed by atoms with Gasteiger partial charge in [0.05, 0.1) is 0 Å². The van der Waals surface area contributed by atoms with Crippen molar-refractivity contribution in [2.24, 2.45) is 0 Å². The zero-order valence-corrected chi connectivity index (χ0v) is 15.9. The molecule has 0 spiro atoms. The molecule has 1 atom stereocenters. The van der Waals surface area contributed by atoms with Crippen LogP contribution in [0.2, 0.25) is 10.0 Å². The van der Waals surface area contributed by atoms with E-state index in [1.165, 1.54) is 5.56 Å². The Morgan fingerprint density at radius 3 is 2.07 bits per heavy atom. The number of aliphatic hydroxyl groups excluding tert-OH is 1. The second kappa shape index (κ2) is 7.61. The molecule has 134 valence electrons. The molecule has 1 heterocycles. The van der Waals surface area contributed by atoms with Gasteiger partial charge in [0.2, 0.25) is 0 Å². The smallest absolute Gasteiger partial charge is 0.108 e. The summed E-state index contributed by atoms with van der Waals surface area (Å²) in [7, 11) is 0. The van der Waals surface area contributed by atoms with Gasteiger partial charge in [-0.25, -0.2) is 0 Å². The number of nitrogens with one attached hydrogen (secondary N) is 1. The Bertz CT molecular complexity index is 1060. The molecule has 0 saturated carbocycles. The fraction of sp³-hybridized carbons (Fsp3) is 0.0435. The molecule has 0 aliphatic carbocycles. The number of benzene rings is 3. The summed E-state index contributed by atoms with van der Waals surface area (Å²) in [5, 5.41) is 11.9. The molecule has 0 amide bonds. The summed E-state index contributed by atoms with van der Waals surface area (Å²) < 4.78 is 0. The van der Waals surface area contributed by atoms with Crippen molar-refractivity contribution in [2.45, 2.75) is 6.10 Å². The molecular weight excluding hydrogens is 377 g/mol. The highest BCUT2D eigenvalue weighted by Crippen LogP contribution is 2.36. The van der Waals surface area contributed by atoms with E-state index in [0.29, 0.717) is 15.6 Å². The maximum Gasteiger partial charge on any atom is 0.108 e. The van der Waals surface area contributed by atoms with Crippen molar-refractivity contribution >= 4 is 23.2 Å². The number of hydrogen-bond acceptors (Lipinski definition) is 1. The summed E-state index contributed by atoms with van der Waals surface area (Å²) in [6, 6.07) is 23.7. The van der Waals surface area contributed by atoms with Crippen LogP contribution in [0.4, 0.5) is 0 Å². The van der Waals surface area contributed by atoms with Crippen molar-refractivity contribution in [1.82, 2.24) is 4.98 Å². The van der Waals surface area contributed by atoms with Gasteiger partial charge in [-0.1, -0.05) is 83.9 Å². The van der Waals surface area contributed by atoms with Crippen molar-refractivity contribution in [3.8, 4) is 22.3 Å². The third kappa shape index (κ3) is 3.65. The maximum absolute atomic E-state index is 10.9. The molecule has 4 aromatic rings. The summed E-state index contributed by atoms with van der Waals surface area (Å²) in [5.41, 5.74) is 5.68. The number of rotatable bonds is 4. The Morgan fingerprint density at radius 1 is 0.704 bits per heavy atom. The molecule has 1 aromatic heterocycles. The fourth-order valence-electron chi connectivity index (χ4n) is 3.22. The Morgan fingerprint density at radius 2 is 1.37 bits per heavy atom. The van der Waals surface area contributed by atoms with Gasteiger partial charge in [0.25, 0.3) is 0 Å². The predicted octanol–water partition coefficient (Wildman–Crippen LogP) is 6.74. The number of halogens is 2. The fourth-order valence-corrected chi connectivity index (χ4v) is 3.73. The monoisotopic (exact) mass is 393 g/mol. The number of aromatic nitrogens is 1. The molecule has 1 unspecified atom stereocenters. The van der Waals surface area contributed by atoms with Crippen molar-refractivity contribution in [3.05, 3.63) is 106 Å². The second-order valence-corrected chi connectivity index (χ2v) is 7.18. The molecule has 4 heteroatoms. The molecule has 0 aliphatic heterocycles. The third-order valence-corrected chi connectivity index (χ3v) is 5.19. The standard InChI is InChI=1S/C23H17Cl2NO/c24-18-10-11-19(22(25)12-18)23(27)21-14-26-13-20(21)17-8-6-16(7-9-17)15-4-2-1-3-5-15/h1-14,23,26-27H. The molecule has 0 bridgehead atoms. The van der Waals surface area contributed by atoms with Crippen molar-refractivity contribution in [2.75, 3.05) is 0 Å². The van der Waals surface area contributed by atoms with Crippen LogP contribution in [-0.2, 0) is 0 Å². The lowest BCUT2D eigenvalue weighted by atomic mass is 9.95. The van der Waals surface area contributed by atoms with E-state index in [4.69, 9.17) is 23.2 Å². The van der Waals surface area contributed by atoms with E-state index in [2.05, 4.69) is 41.4 Å². The number of H-pyrrole nitrogens is 1. The largest absolute Gasteiger partial charge is 0.384 e. The van der Waals surface area contributed by atoms with Crippen LogP contribution in [0, 0.1) is 0 Å². The van der Waals surface area contributed by atoms with Gasteiger partial charge in [0.15, 0.2) is 0 Å².